The van der Waals surface area contributed by atoms with Gasteiger partial charge in [-0.1, -0.05) is 16.9 Å². The van der Waals surface area contributed by atoms with Gasteiger partial charge in [-0.15, -0.1) is 5.10 Å². The van der Waals surface area contributed by atoms with E-state index in [1.165, 1.54) is 11.8 Å². The van der Waals surface area contributed by atoms with E-state index in [0.29, 0.717) is 34.2 Å². The Morgan fingerprint density at radius 3 is 2.80 bits per heavy atom. The first-order valence-corrected chi connectivity index (χ1v) is 8.36. The lowest BCUT2D eigenvalue weighted by atomic mass is 10.2. The van der Waals surface area contributed by atoms with E-state index in [4.69, 9.17) is 13.7 Å². The van der Waals surface area contributed by atoms with Crippen molar-refractivity contribution in [1.29, 1.82) is 0 Å². The van der Waals surface area contributed by atoms with Gasteiger partial charge in [0, 0.05) is 5.56 Å². The molecule has 0 unspecified atom stereocenters. The van der Waals surface area contributed by atoms with E-state index < -0.39 is 0 Å². The van der Waals surface area contributed by atoms with E-state index >= 15 is 0 Å². The van der Waals surface area contributed by atoms with Crippen molar-refractivity contribution in [2.24, 2.45) is 0 Å². The summed E-state index contributed by atoms with van der Waals surface area (Å²) in [6.07, 6.45) is 1.56. The molecule has 4 aromatic rings. The molecule has 0 bridgehead atoms. The van der Waals surface area contributed by atoms with Crippen LogP contribution in [0.1, 0.15) is 5.89 Å². The summed E-state index contributed by atoms with van der Waals surface area (Å²) in [6, 6.07) is 11.1. The maximum absolute atomic E-state index is 5.23. The second-order valence-electron chi connectivity index (χ2n) is 4.97. The van der Waals surface area contributed by atoms with Crippen LogP contribution in [0.5, 0.6) is 5.75 Å². The van der Waals surface area contributed by atoms with Crippen molar-refractivity contribution in [3.8, 4) is 28.7 Å². The lowest BCUT2D eigenvalue weighted by molar-refractivity contribution is 0.390. The van der Waals surface area contributed by atoms with Crippen molar-refractivity contribution < 1.29 is 13.7 Å². The normalized spacial score (nSPS) is 10.9. The summed E-state index contributed by atoms with van der Waals surface area (Å²) in [7, 11) is 1.63. The Balaban J connectivity index is 1.41. The minimum absolute atomic E-state index is 0.425. The molecule has 9 heteroatoms. The van der Waals surface area contributed by atoms with Crippen molar-refractivity contribution >= 4 is 11.8 Å². The number of furan rings is 1. The molecule has 0 aliphatic carbocycles. The molecule has 0 fully saturated rings. The van der Waals surface area contributed by atoms with E-state index in [9.17, 15) is 0 Å². The van der Waals surface area contributed by atoms with Crippen molar-refractivity contribution in [2.45, 2.75) is 10.9 Å². The molecular weight excluding hydrogens is 342 g/mol. The molecule has 0 saturated carbocycles. The molecule has 0 aliphatic heterocycles. The standard InChI is InChI=1S/C16H13N5O3S/c1-22-11-6-4-10(5-7-11)14-18-16(20-19-14)25-9-13-17-15(21-24-13)12-3-2-8-23-12/h2-8H,9H2,1H3,(H,18,19,20). The quantitative estimate of drug-likeness (QED) is 0.525. The van der Waals surface area contributed by atoms with Gasteiger partial charge in [0.2, 0.25) is 16.9 Å². The summed E-state index contributed by atoms with van der Waals surface area (Å²) in [5, 5.41) is 11.6. The number of benzene rings is 1. The second-order valence-corrected chi connectivity index (χ2v) is 5.92. The van der Waals surface area contributed by atoms with Crippen molar-refractivity contribution in [1.82, 2.24) is 25.3 Å². The zero-order chi connectivity index (χ0) is 17.1. The first-order chi connectivity index (χ1) is 12.3. The summed E-state index contributed by atoms with van der Waals surface area (Å²) in [4.78, 5) is 8.73. The number of ether oxygens (including phenoxy) is 1. The topological polar surface area (TPSA) is 103 Å². The minimum atomic E-state index is 0.425. The average molecular weight is 355 g/mol. The number of hydrogen-bond donors (Lipinski definition) is 1. The molecule has 3 aromatic heterocycles. The maximum Gasteiger partial charge on any atom is 0.238 e. The van der Waals surface area contributed by atoms with E-state index in [-0.39, 0.29) is 0 Å². The number of rotatable bonds is 6. The molecule has 0 radical (unpaired) electrons. The molecule has 0 spiro atoms. The molecule has 4 rings (SSSR count). The van der Waals surface area contributed by atoms with Gasteiger partial charge in [0.25, 0.3) is 0 Å². The van der Waals surface area contributed by atoms with Gasteiger partial charge in [0.15, 0.2) is 11.6 Å². The smallest absolute Gasteiger partial charge is 0.238 e. The monoisotopic (exact) mass is 355 g/mol. The predicted molar refractivity (Wildman–Crippen MR) is 89.9 cm³/mol. The van der Waals surface area contributed by atoms with Crippen LogP contribution in [0.4, 0.5) is 0 Å². The van der Waals surface area contributed by atoms with Crippen LogP contribution in [0, 0.1) is 0 Å². The fourth-order valence-electron chi connectivity index (χ4n) is 2.13. The number of nitrogens with one attached hydrogen (secondary N) is 1. The molecule has 25 heavy (non-hydrogen) atoms. The van der Waals surface area contributed by atoms with Gasteiger partial charge in [0.1, 0.15) is 5.75 Å². The van der Waals surface area contributed by atoms with Crippen LogP contribution in [0.2, 0.25) is 0 Å². The molecule has 1 aromatic carbocycles. The minimum Gasteiger partial charge on any atom is -0.497 e. The number of H-pyrrole nitrogens is 1. The van der Waals surface area contributed by atoms with Crippen molar-refractivity contribution in [3.05, 3.63) is 48.6 Å². The molecular formula is C16H13N5O3S. The van der Waals surface area contributed by atoms with Crippen LogP contribution in [-0.4, -0.2) is 32.4 Å². The summed E-state index contributed by atoms with van der Waals surface area (Å²) in [5.74, 6) is 3.42. The van der Waals surface area contributed by atoms with E-state index in [1.54, 1.807) is 25.5 Å². The molecule has 0 atom stereocenters. The maximum atomic E-state index is 5.23. The highest BCUT2D eigenvalue weighted by Gasteiger charge is 2.13. The number of aromatic amines is 1. The third kappa shape index (κ3) is 3.41. The van der Waals surface area contributed by atoms with Crippen LogP contribution in [0.25, 0.3) is 23.0 Å². The number of thioether (sulfide) groups is 1. The molecule has 1 N–H and O–H groups in total. The van der Waals surface area contributed by atoms with Crippen LogP contribution in [0.15, 0.2) is 56.8 Å². The fraction of sp³-hybridized carbons (Fsp3) is 0.125. The van der Waals surface area contributed by atoms with Gasteiger partial charge in [-0.2, -0.15) is 4.98 Å². The Morgan fingerprint density at radius 2 is 2.04 bits per heavy atom. The summed E-state index contributed by atoms with van der Waals surface area (Å²) < 4.78 is 15.6. The van der Waals surface area contributed by atoms with Crippen LogP contribution >= 0.6 is 11.8 Å². The first-order valence-electron chi connectivity index (χ1n) is 7.38. The Labute approximate surface area is 146 Å². The average Bonchev–Trinajstić information content (AvgIpc) is 3.41. The van der Waals surface area contributed by atoms with Gasteiger partial charge < -0.3 is 13.7 Å². The van der Waals surface area contributed by atoms with E-state index in [1.807, 2.05) is 24.3 Å². The highest BCUT2D eigenvalue weighted by Crippen LogP contribution is 2.24. The lowest BCUT2D eigenvalue weighted by Gasteiger charge is -1.99. The number of hydrogen-bond acceptors (Lipinski definition) is 8. The number of nitrogens with zero attached hydrogens (tertiary/aromatic N) is 4. The van der Waals surface area contributed by atoms with E-state index in [2.05, 4.69) is 25.3 Å². The van der Waals surface area contributed by atoms with Crippen LogP contribution < -0.4 is 4.74 Å². The van der Waals surface area contributed by atoms with Gasteiger partial charge in [-0.3, -0.25) is 5.10 Å². The third-order valence-electron chi connectivity index (χ3n) is 3.36. The summed E-state index contributed by atoms with van der Waals surface area (Å²) in [5.41, 5.74) is 0.929. The molecule has 0 saturated heterocycles. The highest BCUT2D eigenvalue weighted by atomic mass is 32.2. The first kappa shape index (κ1) is 15.5. The molecule has 0 aliphatic rings. The number of methoxy groups -OCH3 is 1. The fourth-order valence-corrected chi connectivity index (χ4v) is 2.77. The third-order valence-corrected chi connectivity index (χ3v) is 4.19. The van der Waals surface area contributed by atoms with Gasteiger partial charge in [-0.05, 0) is 36.4 Å². The Hall–Kier alpha value is -3.07. The van der Waals surface area contributed by atoms with Crippen molar-refractivity contribution in [3.63, 3.8) is 0 Å². The van der Waals surface area contributed by atoms with E-state index in [0.717, 1.165) is 11.3 Å². The summed E-state index contributed by atoms with van der Waals surface area (Å²) in [6.45, 7) is 0. The largest absolute Gasteiger partial charge is 0.497 e. The summed E-state index contributed by atoms with van der Waals surface area (Å²) >= 11 is 1.40. The zero-order valence-corrected chi connectivity index (χ0v) is 14.0. The highest BCUT2D eigenvalue weighted by molar-refractivity contribution is 7.98. The van der Waals surface area contributed by atoms with Gasteiger partial charge >= 0.3 is 0 Å². The van der Waals surface area contributed by atoms with Crippen LogP contribution in [-0.2, 0) is 5.75 Å². The molecule has 8 nitrogen and oxygen atoms in total. The Bertz CT molecular complexity index is 946. The Kier molecular flexibility index (Phi) is 4.21. The second kappa shape index (κ2) is 6.81. The predicted octanol–water partition coefficient (Wildman–Crippen LogP) is 3.42. The van der Waals surface area contributed by atoms with Crippen molar-refractivity contribution in [2.75, 3.05) is 7.11 Å². The number of aromatic nitrogens is 5. The molecule has 0 amide bonds. The molecule has 126 valence electrons. The van der Waals surface area contributed by atoms with Crippen LogP contribution in [0.3, 0.4) is 0 Å². The lowest BCUT2D eigenvalue weighted by Crippen LogP contribution is -1.84. The van der Waals surface area contributed by atoms with Gasteiger partial charge in [-0.25, -0.2) is 4.98 Å². The SMILES string of the molecule is COc1ccc(-c2nc(SCc3nc(-c4ccco4)no3)n[nH]2)cc1. The zero-order valence-electron chi connectivity index (χ0n) is 13.2. The van der Waals surface area contributed by atoms with Gasteiger partial charge in [0.05, 0.1) is 19.1 Å². The molecule has 3 heterocycles. The Morgan fingerprint density at radius 1 is 1.16 bits per heavy atom.